The molecule has 1 aliphatic carbocycles. The predicted molar refractivity (Wildman–Crippen MR) is 82.3 cm³/mol. The van der Waals surface area contributed by atoms with Crippen LogP contribution in [-0.2, 0) is 4.79 Å². The fraction of sp³-hybridized carbons (Fsp3) is 0.125. The third kappa shape index (κ3) is 2.08. The average molecular weight is 298 g/mol. The number of hydrogen-bond donors (Lipinski definition) is 2. The van der Waals surface area contributed by atoms with Gasteiger partial charge in [-0.2, -0.15) is 5.10 Å². The van der Waals surface area contributed by atoms with Crippen molar-refractivity contribution in [1.82, 2.24) is 15.5 Å². The summed E-state index contributed by atoms with van der Waals surface area (Å²) in [6, 6.07) is 5.98. The van der Waals surface area contributed by atoms with Crippen LogP contribution < -0.4 is 5.32 Å². The van der Waals surface area contributed by atoms with E-state index in [9.17, 15) is 4.79 Å². The number of H-pyrrole nitrogens is 1. The zero-order chi connectivity index (χ0) is 14.4. The molecule has 104 valence electrons. The molecule has 2 aromatic rings. The SMILES string of the molecule is O=C1NC2=CC(Cl)=CCC2/C1=C\c1ccc2cn[nH]c2c1. The molecule has 4 rings (SSSR count). The Hall–Kier alpha value is -2.33. The van der Waals surface area contributed by atoms with Crippen LogP contribution in [0.1, 0.15) is 12.0 Å². The molecule has 1 aromatic heterocycles. The number of benzene rings is 1. The van der Waals surface area contributed by atoms with Gasteiger partial charge in [0.2, 0.25) is 0 Å². The molecule has 1 atom stereocenters. The summed E-state index contributed by atoms with van der Waals surface area (Å²) in [5.41, 5.74) is 3.62. The molecule has 1 saturated heterocycles. The lowest BCUT2D eigenvalue weighted by Gasteiger charge is -2.13. The third-order valence-electron chi connectivity index (χ3n) is 3.90. The van der Waals surface area contributed by atoms with Gasteiger partial charge in [0.1, 0.15) is 0 Å². The minimum absolute atomic E-state index is 0.0456. The summed E-state index contributed by atoms with van der Waals surface area (Å²) in [5.74, 6) is 0.0354. The summed E-state index contributed by atoms with van der Waals surface area (Å²) in [6.45, 7) is 0. The molecule has 4 nitrogen and oxygen atoms in total. The summed E-state index contributed by atoms with van der Waals surface area (Å²) in [6.07, 6.45) is 8.24. The van der Waals surface area contributed by atoms with E-state index in [1.54, 1.807) is 6.20 Å². The minimum Gasteiger partial charge on any atom is -0.325 e. The quantitative estimate of drug-likeness (QED) is 0.795. The van der Waals surface area contributed by atoms with Crippen molar-refractivity contribution in [3.8, 4) is 0 Å². The van der Waals surface area contributed by atoms with Gasteiger partial charge >= 0.3 is 0 Å². The molecular formula is C16H12ClN3O. The highest BCUT2D eigenvalue weighted by molar-refractivity contribution is 6.31. The maximum Gasteiger partial charge on any atom is 0.252 e. The van der Waals surface area contributed by atoms with E-state index < -0.39 is 0 Å². The van der Waals surface area contributed by atoms with E-state index in [1.165, 1.54) is 0 Å². The van der Waals surface area contributed by atoms with Crippen LogP contribution in [0.2, 0.25) is 0 Å². The normalized spacial score (nSPS) is 23.0. The van der Waals surface area contributed by atoms with Gasteiger partial charge in [-0.05, 0) is 30.2 Å². The summed E-state index contributed by atoms with van der Waals surface area (Å²) >= 11 is 5.99. The van der Waals surface area contributed by atoms with Gasteiger partial charge in [-0.25, -0.2) is 0 Å². The highest BCUT2D eigenvalue weighted by atomic mass is 35.5. The lowest BCUT2D eigenvalue weighted by atomic mass is 9.91. The average Bonchev–Trinajstić information content (AvgIpc) is 3.03. The number of aromatic amines is 1. The van der Waals surface area contributed by atoms with Crippen LogP contribution in [0.5, 0.6) is 0 Å². The van der Waals surface area contributed by atoms with Crippen molar-refractivity contribution in [3.63, 3.8) is 0 Å². The molecule has 2 heterocycles. The number of aromatic nitrogens is 2. The second kappa shape index (κ2) is 4.60. The molecule has 0 bridgehead atoms. The Labute approximate surface area is 126 Å². The maximum absolute atomic E-state index is 12.2. The summed E-state index contributed by atoms with van der Waals surface area (Å²) in [5, 5.41) is 11.6. The van der Waals surface area contributed by atoms with Crippen LogP contribution in [0.4, 0.5) is 0 Å². The van der Waals surface area contributed by atoms with Crippen molar-refractivity contribution >= 4 is 34.5 Å². The number of carbonyl (C=O) groups excluding carboxylic acids is 1. The Kier molecular flexibility index (Phi) is 2.72. The van der Waals surface area contributed by atoms with Gasteiger partial charge in [0.25, 0.3) is 5.91 Å². The van der Waals surface area contributed by atoms with Crippen LogP contribution in [0.15, 0.2) is 52.9 Å². The van der Waals surface area contributed by atoms with Gasteiger partial charge < -0.3 is 5.32 Å². The Morgan fingerprint density at radius 1 is 1.38 bits per heavy atom. The molecule has 0 radical (unpaired) electrons. The van der Waals surface area contributed by atoms with Crippen molar-refractivity contribution < 1.29 is 4.79 Å². The van der Waals surface area contributed by atoms with Crippen molar-refractivity contribution in [2.75, 3.05) is 0 Å². The van der Waals surface area contributed by atoms with E-state index in [0.29, 0.717) is 5.03 Å². The largest absolute Gasteiger partial charge is 0.325 e. The highest BCUT2D eigenvalue weighted by Gasteiger charge is 2.33. The molecular weight excluding hydrogens is 286 g/mol. The molecule has 0 spiro atoms. The first-order valence-electron chi connectivity index (χ1n) is 6.74. The van der Waals surface area contributed by atoms with Crippen molar-refractivity contribution in [1.29, 1.82) is 0 Å². The molecule has 1 aliphatic heterocycles. The van der Waals surface area contributed by atoms with Crippen molar-refractivity contribution in [2.24, 2.45) is 5.92 Å². The second-order valence-corrected chi connectivity index (χ2v) is 5.68. The minimum atomic E-state index is -0.0456. The van der Waals surface area contributed by atoms with E-state index in [0.717, 1.165) is 34.2 Å². The topological polar surface area (TPSA) is 57.8 Å². The number of hydrogen-bond acceptors (Lipinski definition) is 2. The predicted octanol–water partition coefficient (Wildman–Crippen LogP) is 3.10. The number of nitrogens with zero attached hydrogens (tertiary/aromatic N) is 1. The molecule has 1 unspecified atom stereocenters. The number of nitrogens with one attached hydrogen (secondary N) is 2. The number of carbonyl (C=O) groups is 1. The number of rotatable bonds is 1. The molecule has 2 N–H and O–H groups in total. The van der Waals surface area contributed by atoms with Crippen LogP contribution >= 0.6 is 11.6 Å². The molecule has 1 amide bonds. The first-order valence-corrected chi connectivity index (χ1v) is 7.12. The van der Waals surface area contributed by atoms with Gasteiger partial charge in [0.05, 0.1) is 11.7 Å². The second-order valence-electron chi connectivity index (χ2n) is 5.25. The van der Waals surface area contributed by atoms with Gasteiger partial charge in [0, 0.05) is 27.6 Å². The Morgan fingerprint density at radius 2 is 2.29 bits per heavy atom. The van der Waals surface area contributed by atoms with E-state index in [1.807, 2.05) is 36.4 Å². The molecule has 1 aromatic carbocycles. The Balaban J connectivity index is 1.75. The summed E-state index contributed by atoms with van der Waals surface area (Å²) in [4.78, 5) is 12.2. The lowest BCUT2D eigenvalue weighted by molar-refractivity contribution is -0.115. The van der Waals surface area contributed by atoms with E-state index in [4.69, 9.17) is 11.6 Å². The van der Waals surface area contributed by atoms with Crippen molar-refractivity contribution in [3.05, 3.63) is 58.4 Å². The summed E-state index contributed by atoms with van der Waals surface area (Å²) < 4.78 is 0. The first-order chi connectivity index (χ1) is 10.2. The molecule has 2 aliphatic rings. The molecule has 5 heteroatoms. The lowest BCUT2D eigenvalue weighted by Crippen LogP contribution is -2.13. The monoisotopic (exact) mass is 297 g/mol. The third-order valence-corrected chi connectivity index (χ3v) is 4.16. The fourth-order valence-electron chi connectivity index (χ4n) is 2.83. The number of halogens is 1. The maximum atomic E-state index is 12.2. The summed E-state index contributed by atoms with van der Waals surface area (Å²) in [7, 11) is 0. The number of allylic oxidation sites excluding steroid dienone is 4. The van der Waals surface area contributed by atoms with Crippen LogP contribution in [-0.4, -0.2) is 16.1 Å². The van der Waals surface area contributed by atoms with Gasteiger partial charge in [-0.3, -0.25) is 9.89 Å². The van der Waals surface area contributed by atoms with Crippen LogP contribution in [0.3, 0.4) is 0 Å². The van der Waals surface area contributed by atoms with Crippen LogP contribution in [0.25, 0.3) is 17.0 Å². The van der Waals surface area contributed by atoms with Gasteiger partial charge in [-0.15, -0.1) is 0 Å². The van der Waals surface area contributed by atoms with Gasteiger partial charge in [0.15, 0.2) is 0 Å². The van der Waals surface area contributed by atoms with E-state index in [-0.39, 0.29) is 11.8 Å². The standard InChI is InChI=1S/C16H12ClN3O/c17-11-3-4-12-13(16(21)19-15(12)7-11)5-9-1-2-10-8-18-20-14(10)6-9/h1-3,5-8,12H,4H2,(H,18,20)(H,19,21)/b13-5+. The Bertz CT molecular complexity index is 844. The number of amides is 1. The fourth-order valence-corrected chi connectivity index (χ4v) is 3.04. The van der Waals surface area contributed by atoms with Crippen molar-refractivity contribution in [2.45, 2.75) is 6.42 Å². The van der Waals surface area contributed by atoms with Crippen LogP contribution in [0, 0.1) is 5.92 Å². The van der Waals surface area contributed by atoms with Gasteiger partial charge in [-0.1, -0.05) is 29.8 Å². The smallest absolute Gasteiger partial charge is 0.252 e. The highest BCUT2D eigenvalue weighted by Crippen LogP contribution is 2.35. The zero-order valence-electron chi connectivity index (χ0n) is 11.1. The molecule has 1 fully saturated rings. The Morgan fingerprint density at radius 3 is 3.19 bits per heavy atom. The molecule has 0 saturated carbocycles. The first kappa shape index (κ1) is 12.4. The van der Waals surface area contributed by atoms with E-state index >= 15 is 0 Å². The number of fused-ring (bicyclic) bond motifs is 2. The zero-order valence-corrected chi connectivity index (χ0v) is 11.8. The van der Waals surface area contributed by atoms with E-state index in [2.05, 4.69) is 15.5 Å². The molecule has 21 heavy (non-hydrogen) atoms.